The standard InChI is InChI=1S/C17H25NO3S/c1-13(2)11-18(10-9-16(19)20)17(21)14(3)22-12-15-7-5-4-6-8-15/h4-8,13-14H,9-12H2,1-3H3,(H,19,20). The Bertz CT molecular complexity index is 476. The Hall–Kier alpha value is -1.49. The van der Waals surface area contributed by atoms with Crippen LogP contribution in [0.3, 0.4) is 0 Å². The van der Waals surface area contributed by atoms with Crippen molar-refractivity contribution in [2.45, 2.75) is 38.2 Å². The molecule has 1 aromatic carbocycles. The lowest BCUT2D eigenvalue weighted by atomic mass is 10.2. The number of amides is 1. The fourth-order valence-corrected chi connectivity index (χ4v) is 3.01. The third-order valence-electron chi connectivity index (χ3n) is 3.18. The molecule has 1 rings (SSSR count). The van der Waals surface area contributed by atoms with Crippen LogP contribution < -0.4 is 0 Å². The summed E-state index contributed by atoms with van der Waals surface area (Å²) in [6, 6.07) is 10.0. The van der Waals surface area contributed by atoms with Crippen molar-refractivity contribution >= 4 is 23.6 Å². The van der Waals surface area contributed by atoms with Gasteiger partial charge in [-0.1, -0.05) is 44.2 Å². The molecule has 0 saturated heterocycles. The minimum atomic E-state index is -0.869. The number of rotatable bonds is 9. The lowest BCUT2D eigenvalue weighted by Crippen LogP contribution is -2.40. The summed E-state index contributed by atoms with van der Waals surface area (Å²) < 4.78 is 0. The monoisotopic (exact) mass is 323 g/mol. The molecule has 1 aromatic rings. The topological polar surface area (TPSA) is 57.6 Å². The third-order valence-corrected chi connectivity index (χ3v) is 4.39. The molecule has 0 aliphatic rings. The number of carbonyl (C=O) groups is 2. The van der Waals surface area contributed by atoms with Crippen LogP contribution in [-0.4, -0.2) is 40.2 Å². The Kier molecular flexibility index (Phi) is 8.02. The SMILES string of the molecule is CC(C)CN(CCC(=O)O)C(=O)C(C)SCc1ccccc1. The highest BCUT2D eigenvalue weighted by Crippen LogP contribution is 2.20. The Morgan fingerprint density at radius 2 is 1.82 bits per heavy atom. The van der Waals surface area contributed by atoms with E-state index in [1.54, 1.807) is 16.7 Å². The van der Waals surface area contributed by atoms with E-state index in [2.05, 4.69) is 0 Å². The predicted octanol–water partition coefficient (Wildman–Crippen LogP) is 3.27. The van der Waals surface area contributed by atoms with Gasteiger partial charge in [-0.15, -0.1) is 11.8 Å². The van der Waals surface area contributed by atoms with Gasteiger partial charge in [0.2, 0.25) is 5.91 Å². The summed E-state index contributed by atoms with van der Waals surface area (Å²) in [4.78, 5) is 25.0. The molecule has 0 aromatic heterocycles. The molecule has 0 spiro atoms. The lowest BCUT2D eigenvalue weighted by molar-refractivity contribution is -0.138. The molecule has 1 amide bonds. The highest BCUT2D eigenvalue weighted by molar-refractivity contribution is 7.99. The number of thioether (sulfide) groups is 1. The van der Waals surface area contributed by atoms with Gasteiger partial charge in [-0.25, -0.2) is 0 Å². The van der Waals surface area contributed by atoms with E-state index in [0.29, 0.717) is 12.5 Å². The van der Waals surface area contributed by atoms with Crippen molar-refractivity contribution < 1.29 is 14.7 Å². The zero-order chi connectivity index (χ0) is 16.5. The number of carboxylic acids is 1. The van der Waals surface area contributed by atoms with Crippen molar-refractivity contribution in [3.05, 3.63) is 35.9 Å². The Morgan fingerprint density at radius 1 is 1.18 bits per heavy atom. The first-order chi connectivity index (χ1) is 10.4. The van der Waals surface area contributed by atoms with Crippen LogP contribution in [0.4, 0.5) is 0 Å². The number of carboxylic acid groups (broad SMARTS) is 1. The molecule has 0 aliphatic heterocycles. The van der Waals surface area contributed by atoms with E-state index in [9.17, 15) is 9.59 Å². The molecule has 1 N–H and O–H groups in total. The fraction of sp³-hybridized carbons (Fsp3) is 0.529. The molecule has 0 fully saturated rings. The number of aliphatic carboxylic acids is 1. The van der Waals surface area contributed by atoms with E-state index in [1.807, 2.05) is 51.1 Å². The zero-order valence-electron chi connectivity index (χ0n) is 13.5. The molecule has 22 heavy (non-hydrogen) atoms. The predicted molar refractivity (Wildman–Crippen MR) is 90.9 cm³/mol. The summed E-state index contributed by atoms with van der Waals surface area (Å²) >= 11 is 1.59. The maximum Gasteiger partial charge on any atom is 0.305 e. The van der Waals surface area contributed by atoms with Gasteiger partial charge in [0.25, 0.3) is 0 Å². The summed E-state index contributed by atoms with van der Waals surface area (Å²) in [5.41, 5.74) is 1.19. The van der Waals surface area contributed by atoms with Gasteiger partial charge in [0, 0.05) is 18.8 Å². The van der Waals surface area contributed by atoms with Gasteiger partial charge in [-0.2, -0.15) is 0 Å². The average molecular weight is 323 g/mol. The molecule has 4 nitrogen and oxygen atoms in total. The molecular weight excluding hydrogens is 298 g/mol. The van der Waals surface area contributed by atoms with Crippen LogP contribution in [0, 0.1) is 5.92 Å². The van der Waals surface area contributed by atoms with E-state index in [-0.39, 0.29) is 24.1 Å². The van der Waals surface area contributed by atoms with Crippen molar-refractivity contribution in [2.24, 2.45) is 5.92 Å². The molecule has 1 unspecified atom stereocenters. The largest absolute Gasteiger partial charge is 0.481 e. The normalized spacial score (nSPS) is 12.2. The highest BCUT2D eigenvalue weighted by atomic mass is 32.2. The number of carbonyl (C=O) groups excluding carboxylic acids is 1. The van der Waals surface area contributed by atoms with Crippen LogP contribution in [0.1, 0.15) is 32.8 Å². The van der Waals surface area contributed by atoms with Gasteiger partial charge in [0.05, 0.1) is 11.7 Å². The summed E-state index contributed by atoms with van der Waals surface area (Å²) in [5.74, 6) is 0.258. The molecule has 1 atom stereocenters. The molecule has 0 saturated carbocycles. The minimum Gasteiger partial charge on any atom is -0.481 e. The Balaban J connectivity index is 2.56. The average Bonchev–Trinajstić information content (AvgIpc) is 2.48. The second-order valence-electron chi connectivity index (χ2n) is 5.76. The number of benzene rings is 1. The quantitative estimate of drug-likeness (QED) is 0.758. The second-order valence-corrected chi connectivity index (χ2v) is 7.09. The molecule has 0 radical (unpaired) electrons. The minimum absolute atomic E-state index is 0.00542. The van der Waals surface area contributed by atoms with Crippen molar-refractivity contribution in [3.63, 3.8) is 0 Å². The van der Waals surface area contributed by atoms with Crippen LogP contribution in [0.5, 0.6) is 0 Å². The molecule has 0 bridgehead atoms. The van der Waals surface area contributed by atoms with Crippen molar-refractivity contribution in [3.8, 4) is 0 Å². The fourth-order valence-electron chi connectivity index (χ4n) is 2.09. The number of nitrogens with zero attached hydrogens (tertiary/aromatic N) is 1. The van der Waals surface area contributed by atoms with E-state index in [0.717, 1.165) is 5.75 Å². The molecule has 122 valence electrons. The summed E-state index contributed by atoms with van der Waals surface area (Å²) in [5, 5.41) is 8.65. The van der Waals surface area contributed by atoms with E-state index >= 15 is 0 Å². The summed E-state index contributed by atoms with van der Waals surface area (Å²) in [6.45, 7) is 6.83. The van der Waals surface area contributed by atoms with Gasteiger partial charge in [0.1, 0.15) is 0 Å². The van der Waals surface area contributed by atoms with Gasteiger partial charge in [0.15, 0.2) is 0 Å². The van der Waals surface area contributed by atoms with Gasteiger partial charge in [-0.3, -0.25) is 9.59 Å². The summed E-state index contributed by atoms with van der Waals surface area (Å²) in [7, 11) is 0. The van der Waals surface area contributed by atoms with Crippen LogP contribution in [0.2, 0.25) is 0 Å². The van der Waals surface area contributed by atoms with E-state index in [1.165, 1.54) is 5.56 Å². The van der Waals surface area contributed by atoms with Crippen LogP contribution >= 0.6 is 11.8 Å². The first-order valence-electron chi connectivity index (χ1n) is 7.56. The smallest absolute Gasteiger partial charge is 0.305 e. The van der Waals surface area contributed by atoms with Gasteiger partial charge >= 0.3 is 5.97 Å². The number of hydrogen-bond acceptors (Lipinski definition) is 3. The van der Waals surface area contributed by atoms with Crippen molar-refractivity contribution in [1.82, 2.24) is 4.90 Å². The zero-order valence-corrected chi connectivity index (χ0v) is 14.3. The lowest BCUT2D eigenvalue weighted by Gasteiger charge is -2.26. The first kappa shape index (κ1) is 18.6. The maximum atomic E-state index is 12.5. The maximum absolute atomic E-state index is 12.5. The van der Waals surface area contributed by atoms with Gasteiger partial charge in [-0.05, 0) is 18.4 Å². The van der Waals surface area contributed by atoms with E-state index < -0.39 is 5.97 Å². The van der Waals surface area contributed by atoms with Crippen LogP contribution in [0.25, 0.3) is 0 Å². The molecule has 0 heterocycles. The summed E-state index contributed by atoms with van der Waals surface area (Å²) in [6.07, 6.45) is -0.00542. The van der Waals surface area contributed by atoms with Crippen molar-refractivity contribution in [2.75, 3.05) is 13.1 Å². The molecule has 0 aliphatic carbocycles. The third kappa shape index (κ3) is 6.98. The van der Waals surface area contributed by atoms with Crippen molar-refractivity contribution in [1.29, 1.82) is 0 Å². The first-order valence-corrected chi connectivity index (χ1v) is 8.61. The Morgan fingerprint density at radius 3 is 2.36 bits per heavy atom. The molecule has 5 heteroatoms. The second kappa shape index (κ2) is 9.51. The molecular formula is C17H25NO3S. The van der Waals surface area contributed by atoms with Crippen LogP contribution in [-0.2, 0) is 15.3 Å². The van der Waals surface area contributed by atoms with Gasteiger partial charge < -0.3 is 10.0 Å². The number of hydrogen-bond donors (Lipinski definition) is 1. The van der Waals surface area contributed by atoms with E-state index in [4.69, 9.17) is 5.11 Å². The Labute approximate surface area is 136 Å². The van der Waals surface area contributed by atoms with Crippen LogP contribution in [0.15, 0.2) is 30.3 Å². The highest BCUT2D eigenvalue weighted by Gasteiger charge is 2.22.